The van der Waals surface area contributed by atoms with Gasteiger partial charge in [0.2, 0.25) is 0 Å². The summed E-state index contributed by atoms with van der Waals surface area (Å²) in [4.78, 5) is 12.7. The molecule has 0 unspecified atom stereocenters. The van der Waals surface area contributed by atoms with Crippen LogP contribution in [-0.4, -0.2) is 14.3 Å². The first-order valence-electron chi connectivity index (χ1n) is 5.85. The zero-order chi connectivity index (χ0) is 15.6. The molecule has 4 nitrogen and oxygen atoms in total. The van der Waals surface area contributed by atoms with Crippen LogP contribution in [0.25, 0.3) is 0 Å². The maximum Gasteiger partial charge on any atom is 0.271 e. The van der Waals surface area contributed by atoms with Crippen LogP contribution in [0.3, 0.4) is 0 Å². The van der Waals surface area contributed by atoms with Gasteiger partial charge in [-0.1, -0.05) is 17.7 Å². The van der Waals surface area contributed by atoms with Crippen molar-refractivity contribution in [1.29, 1.82) is 0 Å². The van der Waals surface area contributed by atoms with Crippen molar-refractivity contribution < 1.29 is 13.2 Å². The van der Waals surface area contributed by atoms with E-state index in [1.165, 1.54) is 0 Å². The molecule has 0 saturated heterocycles. The zero-order valence-corrected chi connectivity index (χ0v) is 14.9. The molecule has 0 atom stereocenters. The highest BCUT2D eigenvalue weighted by Crippen LogP contribution is 2.33. The van der Waals surface area contributed by atoms with Gasteiger partial charge in [0.15, 0.2) is 0 Å². The molecule has 0 aliphatic heterocycles. The summed E-state index contributed by atoms with van der Waals surface area (Å²) in [7, 11) is 1.54. The molecule has 1 amide bonds. The maximum absolute atomic E-state index is 12.0. The average molecular weight is 409 g/mol. The lowest BCUT2D eigenvalue weighted by molar-refractivity contribution is 0.0951. The van der Waals surface area contributed by atoms with Crippen molar-refractivity contribution in [1.82, 2.24) is 5.32 Å². The normalized spacial score (nSPS) is 11.4. The van der Waals surface area contributed by atoms with Crippen molar-refractivity contribution >= 4 is 52.9 Å². The number of rotatable bonds is 4. The molecule has 1 aromatic carbocycles. The number of amides is 1. The van der Waals surface area contributed by atoms with Crippen molar-refractivity contribution in [2.45, 2.75) is 17.7 Å². The molecule has 1 N–H and O–H groups in total. The van der Waals surface area contributed by atoms with Crippen molar-refractivity contribution in [3.05, 3.63) is 50.8 Å². The number of thiophene rings is 1. The molecule has 0 aliphatic rings. The predicted molar refractivity (Wildman–Crippen MR) is 87.4 cm³/mol. The van der Waals surface area contributed by atoms with Crippen LogP contribution in [0.4, 0.5) is 0 Å². The molecule has 2 aromatic rings. The van der Waals surface area contributed by atoms with E-state index in [9.17, 15) is 13.2 Å². The van der Waals surface area contributed by atoms with E-state index in [0.717, 1.165) is 16.9 Å². The van der Waals surface area contributed by atoms with Crippen LogP contribution < -0.4 is 5.32 Å². The number of hydrogen-bond donors (Lipinski definition) is 1. The summed E-state index contributed by atoms with van der Waals surface area (Å²) < 4.78 is 23.1. The number of carbonyl (C=O) groups excluding carboxylic acids is 1. The van der Waals surface area contributed by atoms with E-state index in [2.05, 4.69) is 21.2 Å². The Morgan fingerprint density at radius 2 is 1.95 bits per heavy atom. The molecule has 0 fully saturated rings. The second-order valence-electron chi connectivity index (χ2n) is 4.33. The summed E-state index contributed by atoms with van der Waals surface area (Å²) in [5.74, 6) is -0.213. The Morgan fingerprint density at radius 1 is 1.33 bits per heavy atom. The van der Waals surface area contributed by atoms with Gasteiger partial charge in [-0.25, -0.2) is 8.42 Å². The molecule has 21 heavy (non-hydrogen) atoms. The number of benzene rings is 1. The highest BCUT2D eigenvalue weighted by atomic mass is 79.9. The van der Waals surface area contributed by atoms with Crippen LogP contribution in [0.5, 0.6) is 0 Å². The molecule has 0 spiro atoms. The zero-order valence-electron chi connectivity index (χ0n) is 10.9. The SMILES string of the molecule is Cc1ccc(C(=O)NCc2cc(Br)c(S(=O)(=O)Cl)s2)cc1. The highest BCUT2D eigenvalue weighted by molar-refractivity contribution is 9.10. The minimum atomic E-state index is -3.78. The Morgan fingerprint density at radius 3 is 2.48 bits per heavy atom. The average Bonchev–Trinajstić information content (AvgIpc) is 2.78. The number of hydrogen-bond acceptors (Lipinski definition) is 4. The number of halogens is 2. The van der Waals surface area contributed by atoms with E-state index >= 15 is 0 Å². The van der Waals surface area contributed by atoms with Gasteiger partial charge in [-0.3, -0.25) is 4.79 Å². The van der Waals surface area contributed by atoms with Gasteiger partial charge in [-0.15, -0.1) is 11.3 Å². The summed E-state index contributed by atoms with van der Waals surface area (Å²) in [6.45, 7) is 2.18. The van der Waals surface area contributed by atoms with Gasteiger partial charge in [-0.2, -0.15) is 0 Å². The second-order valence-corrected chi connectivity index (χ2v) is 9.09. The fraction of sp³-hybridized carbons (Fsp3) is 0.154. The molecule has 112 valence electrons. The van der Waals surface area contributed by atoms with E-state index < -0.39 is 9.05 Å². The van der Waals surface area contributed by atoms with Crippen LogP contribution >= 0.6 is 37.9 Å². The maximum atomic E-state index is 12.0. The lowest BCUT2D eigenvalue weighted by Crippen LogP contribution is -2.22. The van der Waals surface area contributed by atoms with E-state index in [-0.39, 0.29) is 16.7 Å². The minimum absolute atomic E-state index is 0.0451. The minimum Gasteiger partial charge on any atom is -0.347 e. The third kappa shape index (κ3) is 4.29. The largest absolute Gasteiger partial charge is 0.347 e. The Hall–Kier alpha value is -0.890. The molecule has 1 heterocycles. The Balaban J connectivity index is 2.07. The summed E-state index contributed by atoms with van der Waals surface area (Å²) >= 11 is 4.17. The van der Waals surface area contributed by atoms with Crippen LogP contribution in [-0.2, 0) is 15.6 Å². The van der Waals surface area contributed by atoms with Crippen LogP contribution in [0, 0.1) is 6.92 Å². The topological polar surface area (TPSA) is 63.2 Å². The van der Waals surface area contributed by atoms with E-state index in [1.807, 2.05) is 19.1 Å². The quantitative estimate of drug-likeness (QED) is 0.785. The monoisotopic (exact) mass is 407 g/mol. The lowest BCUT2D eigenvalue weighted by atomic mass is 10.1. The number of aryl methyl sites for hydroxylation is 1. The van der Waals surface area contributed by atoms with Crippen molar-refractivity contribution in [2.24, 2.45) is 0 Å². The van der Waals surface area contributed by atoms with E-state index in [0.29, 0.717) is 14.9 Å². The van der Waals surface area contributed by atoms with Crippen LogP contribution in [0.15, 0.2) is 39.0 Å². The van der Waals surface area contributed by atoms with Crippen molar-refractivity contribution in [3.8, 4) is 0 Å². The number of carbonyl (C=O) groups is 1. The van der Waals surface area contributed by atoms with Gasteiger partial charge in [0.05, 0.1) is 6.54 Å². The third-order valence-corrected chi connectivity index (χ3v) is 7.05. The van der Waals surface area contributed by atoms with Gasteiger partial charge in [0, 0.05) is 25.6 Å². The summed E-state index contributed by atoms with van der Waals surface area (Å²) in [5.41, 5.74) is 1.63. The van der Waals surface area contributed by atoms with Crippen LogP contribution in [0.1, 0.15) is 20.8 Å². The lowest BCUT2D eigenvalue weighted by Gasteiger charge is -2.03. The van der Waals surface area contributed by atoms with Crippen molar-refractivity contribution in [2.75, 3.05) is 0 Å². The molecular weight excluding hydrogens is 398 g/mol. The van der Waals surface area contributed by atoms with E-state index in [4.69, 9.17) is 10.7 Å². The first-order chi connectivity index (χ1) is 9.77. The smallest absolute Gasteiger partial charge is 0.271 e. The second kappa shape index (κ2) is 6.48. The first-order valence-corrected chi connectivity index (χ1v) is 9.77. The molecule has 0 aliphatic carbocycles. The third-order valence-electron chi connectivity index (χ3n) is 2.66. The summed E-state index contributed by atoms with van der Waals surface area (Å²) in [6, 6.07) is 8.83. The molecule has 0 radical (unpaired) electrons. The molecule has 2 rings (SSSR count). The van der Waals surface area contributed by atoms with E-state index in [1.54, 1.807) is 18.2 Å². The summed E-state index contributed by atoms with van der Waals surface area (Å²) in [5, 5.41) is 2.74. The van der Waals surface area contributed by atoms with Gasteiger partial charge < -0.3 is 5.32 Å². The fourth-order valence-corrected chi connectivity index (χ4v) is 5.47. The van der Waals surface area contributed by atoms with Crippen molar-refractivity contribution in [3.63, 3.8) is 0 Å². The molecular formula is C13H11BrClNO3S2. The summed E-state index contributed by atoms with van der Waals surface area (Å²) in [6.07, 6.45) is 0. The van der Waals surface area contributed by atoms with Gasteiger partial charge in [0.25, 0.3) is 15.0 Å². The fourth-order valence-electron chi connectivity index (χ4n) is 1.63. The van der Waals surface area contributed by atoms with Crippen LogP contribution in [0.2, 0.25) is 0 Å². The molecule has 0 saturated carbocycles. The van der Waals surface area contributed by atoms with Gasteiger partial charge >= 0.3 is 0 Å². The molecule has 1 aromatic heterocycles. The van der Waals surface area contributed by atoms with Gasteiger partial charge in [0.1, 0.15) is 4.21 Å². The Kier molecular flexibility index (Phi) is 5.08. The number of nitrogens with one attached hydrogen (secondary N) is 1. The Labute approximate surface area is 139 Å². The Bertz CT molecular complexity index is 769. The standard InChI is InChI=1S/C13H11BrClNO3S2/c1-8-2-4-9(5-3-8)12(17)16-7-10-6-11(14)13(20-10)21(15,18)19/h2-6H,7H2,1H3,(H,16,17). The highest BCUT2D eigenvalue weighted by Gasteiger charge is 2.19. The molecule has 0 bridgehead atoms. The predicted octanol–water partition coefficient (Wildman–Crippen LogP) is 3.68. The first kappa shape index (κ1) is 16.5. The molecule has 8 heteroatoms. The van der Waals surface area contributed by atoms with Gasteiger partial charge in [-0.05, 0) is 41.1 Å².